The molecule has 4 rings (SSSR count). The van der Waals surface area contributed by atoms with Crippen molar-refractivity contribution < 1.29 is 22.4 Å². The summed E-state index contributed by atoms with van der Waals surface area (Å²) in [6.07, 6.45) is -1.72. The van der Waals surface area contributed by atoms with E-state index < -0.39 is 23.6 Å². The van der Waals surface area contributed by atoms with Gasteiger partial charge in [0.1, 0.15) is 17.2 Å². The minimum absolute atomic E-state index is 0.0434. The number of carbonyl (C=O) groups excluding carboxylic acids is 1. The SMILES string of the molecule is NCC1CCN(c2c(F)cccc2NC(=O)c2ncc(-c3cc(C(F)(F)F)[nH]n3)[nH]2)CC1. The Morgan fingerprint density at radius 3 is 2.69 bits per heavy atom. The number of hydrogen-bond donors (Lipinski definition) is 4. The molecule has 5 N–H and O–H groups in total. The van der Waals surface area contributed by atoms with E-state index in [0.717, 1.165) is 18.9 Å². The molecule has 32 heavy (non-hydrogen) atoms. The number of hydrogen-bond acceptors (Lipinski definition) is 5. The molecule has 0 aliphatic carbocycles. The zero-order valence-electron chi connectivity index (χ0n) is 16.8. The molecule has 0 radical (unpaired) electrons. The Labute approximate surface area is 180 Å². The Morgan fingerprint density at radius 2 is 2.03 bits per heavy atom. The molecule has 3 aromatic rings. The molecule has 1 amide bonds. The van der Waals surface area contributed by atoms with Gasteiger partial charge in [0.25, 0.3) is 5.91 Å². The second kappa shape index (κ2) is 8.61. The molecule has 170 valence electrons. The highest BCUT2D eigenvalue weighted by Crippen LogP contribution is 2.33. The number of H-pyrrole nitrogens is 2. The van der Waals surface area contributed by atoms with Gasteiger partial charge in [0.15, 0.2) is 5.82 Å². The van der Waals surface area contributed by atoms with Crippen LogP contribution in [0.15, 0.2) is 30.5 Å². The number of halogens is 4. The van der Waals surface area contributed by atoms with E-state index in [1.54, 1.807) is 6.07 Å². The summed E-state index contributed by atoms with van der Waals surface area (Å²) < 4.78 is 52.9. The average Bonchev–Trinajstić information content (AvgIpc) is 3.44. The van der Waals surface area contributed by atoms with Gasteiger partial charge >= 0.3 is 6.18 Å². The average molecular weight is 451 g/mol. The van der Waals surface area contributed by atoms with Crippen LogP contribution in [0.5, 0.6) is 0 Å². The summed E-state index contributed by atoms with van der Waals surface area (Å²) in [7, 11) is 0. The van der Waals surface area contributed by atoms with Crippen molar-refractivity contribution in [3.05, 3.63) is 47.8 Å². The first kappa shape index (κ1) is 21.8. The van der Waals surface area contributed by atoms with Crippen LogP contribution in [0.1, 0.15) is 29.2 Å². The number of nitrogens with two attached hydrogens (primary N) is 1. The van der Waals surface area contributed by atoms with E-state index in [-0.39, 0.29) is 28.6 Å². The molecule has 0 saturated carbocycles. The van der Waals surface area contributed by atoms with Crippen LogP contribution >= 0.6 is 0 Å². The molecule has 0 atom stereocenters. The van der Waals surface area contributed by atoms with Crippen LogP contribution in [0.25, 0.3) is 11.4 Å². The quantitative estimate of drug-likeness (QED) is 0.444. The van der Waals surface area contributed by atoms with E-state index in [1.807, 2.05) is 10.00 Å². The van der Waals surface area contributed by atoms with Gasteiger partial charge in [-0.15, -0.1) is 0 Å². The number of aromatic amines is 2. The van der Waals surface area contributed by atoms with Crippen molar-refractivity contribution in [3.8, 4) is 11.4 Å². The van der Waals surface area contributed by atoms with Crippen molar-refractivity contribution in [1.82, 2.24) is 20.2 Å². The van der Waals surface area contributed by atoms with E-state index in [1.165, 1.54) is 18.3 Å². The number of nitrogens with zero attached hydrogens (tertiary/aromatic N) is 3. The van der Waals surface area contributed by atoms with E-state index in [2.05, 4.69) is 20.4 Å². The van der Waals surface area contributed by atoms with Crippen LogP contribution in [0, 0.1) is 11.7 Å². The van der Waals surface area contributed by atoms with Crippen LogP contribution in [0.3, 0.4) is 0 Å². The van der Waals surface area contributed by atoms with Gasteiger partial charge in [0.2, 0.25) is 0 Å². The molecule has 0 spiro atoms. The molecule has 1 aliphatic heterocycles. The van der Waals surface area contributed by atoms with Crippen LogP contribution in [0.2, 0.25) is 0 Å². The summed E-state index contributed by atoms with van der Waals surface area (Å²) in [5.41, 5.74) is 5.35. The number of para-hydroxylation sites is 1. The number of rotatable bonds is 5. The Hall–Kier alpha value is -3.41. The lowest BCUT2D eigenvalue weighted by Gasteiger charge is -2.34. The molecule has 1 aromatic carbocycles. The summed E-state index contributed by atoms with van der Waals surface area (Å²) in [5, 5.41) is 8.14. The van der Waals surface area contributed by atoms with Gasteiger partial charge < -0.3 is 20.9 Å². The predicted octanol–water partition coefficient (Wildman–Crippen LogP) is 3.39. The molecular weight excluding hydrogens is 430 g/mol. The van der Waals surface area contributed by atoms with Crippen molar-refractivity contribution in [2.24, 2.45) is 11.7 Å². The van der Waals surface area contributed by atoms with Gasteiger partial charge in [-0.2, -0.15) is 18.3 Å². The van der Waals surface area contributed by atoms with Crippen molar-refractivity contribution in [2.75, 3.05) is 29.9 Å². The lowest BCUT2D eigenvalue weighted by atomic mass is 9.96. The van der Waals surface area contributed by atoms with Crippen LogP contribution in [0.4, 0.5) is 28.9 Å². The number of benzene rings is 1. The standard InChI is InChI=1S/C20H21F4N7O/c21-12-2-1-3-13(17(12)31-6-4-11(9-25)5-7-31)28-19(32)18-26-10-15(27-18)14-8-16(30-29-14)20(22,23)24/h1-3,8,10-11H,4-7,9,25H2,(H,26,27)(H,28,32)(H,29,30). The Kier molecular flexibility index (Phi) is 5.87. The maximum atomic E-state index is 14.6. The monoisotopic (exact) mass is 451 g/mol. The highest BCUT2D eigenvalue weighted by Gasteiger charge is 2.33. The van der Waals surface area contributed by atoms with Crippen LogP contribution in [-0.4, -0.2) is 45.7 Å². The van der Waals surface area contributed by atoms with Crippen LogP contribution < -0.4 is 16.0 Å². The Bertz CT molecular complexity index is 1100. The molecule has 2 aromatic heterocycles. The third-order valence-electron chi connectivity index (χ3n) is 5.45. The fraction of sp³-hybridized carbons (Fsp3) is 0.350. The highest BCUT2D eigenvalue weighted by molar-refractivity contribution is 6.04. The minimum atomic E-state index is -4.57. The largest absolute Gasteiger partial charge is 0.432 e. The topological polar surface area (TPSA) is 116 Å². The highest BCUT2D eigenvalue weighted by atomic mass is 19.4. The van der Waals surface area contributed by atoms with Gasteiger partial charge in [-0.1, -0.05) is 6.07 Å². The first-order valence-electron chi connectivity index (χ1n) is 9.99. The van der Waals surface area contributed by atoms with Gasteiger partial charge in [-0.05, 0) is 43.5 Å². The van der Waals surface area contributed by atoms with Crippen molar-refractivity contribution in [1.29, 1.82) is 0 Å². The first-order chi connectivity index (χ1) is 15.3. The molecule has 0 unspecified atom stereocenters. The van der Waals surface area contributed by atoms with E-state index in [9.17, 15) is 22.4 Å². The molecule has 8 nitrogen and oxygen atoms in total. The van der Waals surface area contributed by atoms with Gasteiger partial charge in [-0.25, -0.2) is 9.37 Å². The summed E-state index contributed by atoms with van der Waals surface area (Å²) in [4.78, 5) is 21.1. The lowest BCUT2D eigenvalue weighted by molar-refractivity contribution is -0.141. The zero-order chi connectivity index (χ0) is 22.9. The summed E-state index contributed by atoms with van der Waals surface area (Å²) in [5.74, 6) is -0.886. The second-order valence-electron chi connectivity index (χ2n) is 7.57. The smallest absolute Gasteiger partial charge is 0.367 e. The molecule has 0 bridgehead atoms. The fourth-order valence-corrected chi connectivity index (χ4v) is 3.68. The number of anilines is 2. The molecular formula is C20H21F4N7O. The predicted molar refractivity (Wildman–Crippen MR) is 110 cm³/mol. The maximum Gasteiger partial charge on any atom is 0.432 e. The van der Waals surface area contributed by atoms with Gasteiger partial charge in [-0.3, -0.25) is 9.89 Å². The Balaban J connectivity index is 1.52. The third-order valence-corrected chi connectivity index (χ3v) is 5.45. The minimum Gasteiger partial charge on any atom is -0.367 e. The number of alkyl halides is 3. The first-order valence-corrected chi connectivity index (χ1v) is 9.99. The number of imidazole rings is 1. The zero-order valence-corrected chi connectivity index (χ0v) is 16.8. The Morgan fingerprint density at radius 1 is 1.28 bits per heavy atom. The molecule has 1 saturated heterocycles. The molecule has 12 heteroatoms. The normalized spacial score (nSPS) is 15.2. The molecule has 1 aliphatic rings. The third kappa shape index (κ3) is 4.44. The van der Waals surface area contributed by atoms with E-state index >= 15 is 0 Å². The lowest BCUT2D eigenvalue weighted by Crippen LogP contribution is -2.37. The number of aromatic nitrogens is 4. The van der Waals surface area contributed by atoms with Crippen molar-refractivity contribution in [3.63, 3.8) is 0 Å². The van der Waals surface area contributed by atoms with E-state index in [4.69, 9.17) is 5.73 Å². The van der Waals surface area contributed by atoms with Gasteiger partial charge in [0.05, 0.1) is 23.3 Å². The maximum absolute atomic E-state index is 14.6. The summed E-state index contributed by atoms with van der Waals surface area (Å²) >= 11 is 0. The number of carbonyl (C=O) groups is 1. The second-order valence-corrected chi connectivity index (χ2v) is 7.57. The number of nitrogens with one attached hydrogen (secondary N) is 3. The molecule has 1 fully saturated rings. The summed E-state index contributed by atoms with van der Waals surface area (Å²) in [6.45, 7) is 1.80. The summed E-state index contributed by atoms with van der Waals surface area (Å²) in [6, 6.07) is 5.20. The number of amides is 1. The number of piperidine rings is 1. The van der Waals surface area contributed by atoms with Crippen molar-refractivity contribution in [2.45, 2.75) is 19.0 Å². The molecule has 3 heterocycles. The van der Waals surface area contributed by atoms with Crippen LogP contribution in [-0.2, 0) is 6.18 Å². The van der Waals surface area contributed by atoms with E-state index in [0.29, 0.717) is 25.6 Å². The van der Waals surface area contributed by atoms with Gasteiger partial charge in [0, 0.05) is 13.1 Å². The van der Waals surface area contributed by atoms with Crippen molar-refractivity contribution >= 4 is 17.3 Å². The fourth-order valence-electron chi connectivity index (χ4n) is 3.68.